The van der Waals surface area contributed by atoms with Crippen molar-refractivity contribution >= 4 is 16.4 Å². The molecule has 0 rings (SSSR count). The smallest absolute Gasteiger partial charge is 1.00 e. The van der Waals surface area contributed by atoms with Gasteiger partial charge in [0.05, 0.1) is 0 Å². The Bertz CT molecular complexity index is 167. The Hall–Kier alpha value is 0.140. The molecule has 0 aromatic rings. The van der Waals surface area contributed by atoms with E-state index in [4.69, 9.17) is 22.3 Å². The van der Waals surface area contributed by atoms with Crippen molar-refractivity contribution in [2.24, 2.45) is 11.5 Å². The van der Waals surface area contributed by atoms with E-state index in [0.29, 0.717) is 0 Å². The molecule has 0 aliphatic carbocycles. The second-order valence-corrected chi connectivity index (χ2v) is 1.75. The van der Waals surface area contributed by atoms with Crippen LogP contribution in [0.4, 0.5) is 4.79 Å². The predicted molar refractivity (Wildman–Crippen MR) is 29.1 cm³/mol. The number of primary amides is 2. The van der Waals surface area contributed by atoms with Crippen molar-refractivity contribution in [1.82, 2.24) is 0 Å². The summed E-state index contributed by atoms with van der Waals surface area (Å²) in [6.45, 7) is 0. The van der Waals surface area contributed by atoms with Crippen LogP contribution in [0.1, 0.15) is 1.43 Å². The van der Waals surface area contributed by atoms with Crippen LogP contribution in [0.15, 0.2) is 0 Å². The Labute approximate surface area is 81.1 Å². The molecule has 2 amide bonds. The zero-order valence-corrected chi connectivity index (χ0v) is 8.00. The summed E-state index contributed by atoms with van der Waals surface area (Å²) in [4.78, 5) is 9.00. The molecule has 7 nitrogen and oxygen atoms in total. The van der Waals surface area contributed by atoms with Crippen LogP contribution >= 0.6 is 0 Å². The molecule has 0 aliphatic rings. The molecule has 6 N–H and O–H groups in total. The van der Waals surface area contributed by atoms with E-state index >= 15 is 0 Å². The summed E-state index contributed by atoms with van der Waals surface area (Å²) in [6, 6.07) is -0.833. The van der Waals surface area contributed by atoms with Crippen LogP contribution in [-0.2, 0) is 10.4 Å². The summed E-state index contributed by atoms with van der Waals surface area (Å²) < 4.78 is 31.6. The van der Waals surface area contributed by atoms with E-state index in [1.807, 2.05) is 0 Å². The molecule has 0 unspecified atom stereocenters. The topological polar surface area (TPSA) is 144 Å². The Balaban J connectivity index is -0.0000000383. The number of hydrogen-bond acceptors (Lipinski definition) is 3. The summed E-state index contributed by atoms with van der Waals surface area (Å²) >= 11 is 0. The van der Waals surface area contributed by atoms with Gasteiger partial charge in [0.2, 0.25) is 0 Å². The molecule has 0 saturated carbocycles. The van der Waals surface area contributed by atoms with Crippen molar-refractivity contribution < 1.29 is 53.3 Å². The normalized spacial score (nSPS) is 8.20. The molecule has 0 fully saturated rings. The van der Waals surface area contributed by atoms with Gasteiger partial charge in [0.25, 0.3) is 0 Å². The van der Waals surface area contributed by atoms with Crippen molar-refractivity contribution in [1.29, 1.82) is 0 Å². The SMILES string of the molecule is NC(N)=O.O=S(=O)(O)O.[H-].[Na+]. The Kier molecular flexibility index (Phi) is 12.0. The van der Waals surface area contributed by atoms with E-state index < -0.39 is 16.4 Å². The quantitative estimate of drug-likeness (QED) is 0.220. The number of nitrogens with two attached hydrogens (primary N) is 2. The Morgan fingerprint density at radius 1 is 1.30 bits per heavy atom. The van der Waals surface area contributed by atoms with Gasteiger partial charge in [-0.25, -0.2) is 4.79 Å². The fraction of sp³-hybridized carbons (Fsp3) is 0. The molecular formula is CH7N2NaO5S. The molecule has 0 aromatic carbocycles. The first-order valence-corrected chi connectivity index (χ1v) is 2.88. The van der Waals surface area contributed by atoms with Gasteiger partial charge < -0.3 is 12.9 Å². The van der Waals surface area contributed by atoms with Gasteiger partial charge in [-0.15, -0.1) is 0 Å². The fourth-order valence-electron chi connectivity index (χ4n) is 0. The molecule has 58 valence electrons. The van der Waals surface area contributed by atoms with E-state index in [-0.39, 0.29) is 31.0 Å². The third-order valence-corrected chi connectivity index (χ3v) is 0. The molecule has 0 saturated heterocycles. The summed E-state index contributed by atoms with van der Waals surface area (Å²) in [5.74, 6) is 0. The molecule has 0 spiro atoms. The van der Waals surface area contributed by atoms with Crippen molar-refractivity contribution in [3.05, 3.63) is 0 Å². The van der Waals surface area contributed by atoms with E-state index in [2.05, 4.69) is 11.5 Å². The van der Waals surface area contributed by atoms with Gasteiger partial charge >= 0.3 is 46.0 Å². The van der Waals surface area contributed by atoms with Crippen LogP contribution < -0.4 is 41.0 Å². The molecular weight excluding hydrogens is 175 g/mol. The number of carbonyl (C=O) groups is 1. The summed E-state index contributed by atoms with van der Waals surface area (Å²) in [6.07, 6.45) is 0. The fourth-order valence-corrected chi connectivity index (χ4v) is 0. The zero-order chi connectivity index (χ0) is 8.08. The summed E-state index contributed by atoms with van der Waals surface area (Å²) in [5.41, 5.74) is 8.50. The summed E-state index contributed by atoms with van der Waals surface area (Å²) in [7, 11) is -4.67. The van der Waals surface area contributed by atoms with E-state index in [9.17, 15) is 0 Å². The van der Waals surface area contributed by atoms with Crippen LogP contribution in [0.5, 0.6) is 0 Å². The Morgan fingerprint density at radius 2 is 1.30 bits per heavy atom. The van der Waals surface area contributed by atoms with E-state index in [1.54, 1.807) is 0 Å². The summed E-state index contributed by atoms with van der Waals surface area (Å²) in [5, 5.41) is 0. The molecule has 9 heteroatoms. The van der Waals surface area contributed by atoms with Gasteiger partial charge in [-0.2, -0.15) is 8.42 Å². The van der Waals surface area contributed by atoms with E-state index in [1.165, 1.54) is 0 Å². The molecule has 0 radical (unpaired) electrons. The minimum atomic E-state index is -4.67. The molecule has 0 aromatic heterocycles. The second-order valence-electron chi connectivity index (χ2n) is 0.850. The average Bonchev–Trinajstić information content (AvgIpc) is 1.19. The number of amides is 2. The number of rotatable bonds is 0. The van der Waals surface area contributed by atoms with Crippen LogP contribution in [0.3, 0.4) is 0 Å². The monoisotopic (exact) mass is 182 g/mol. The van der Waals surface area contributed by atoms with Gasteiger partial charge in [0.1, 0.15) is 0 Å². The average molecular weight is 182 g/mol. The third kappa shape index (κ3) is 21200. The molecule has 10 heavy (non-hydrogen) atoms. The predicted octanol–water partition coefficient (Wildman–Crippen LogP) is -4.51. The number of hydrogen-bond donors (Lipinski definition) is 4. The number of urea groups is 1. The van der Waals surface area contributed by atoms with Crippen molar-refractivity contribution in [2.45, 2.75) is 0 Å². The molecule has 0 atom stereocenters. The third-order valence-electron chi connectivity index (χ3n) is 0. The van der Waals surface area contributed by atoms with Gasteiger partial charge in [-0.3, -0.25) is 9.11 Å². The van der Waals surface area contributed by atoms with Gasteiger partial charge in [-0.05, 0) is 0 Å². The van der Waals surface area contributed by atoms with Crippen LogP contribution in [-0.4, -0.2) is 23.6 Å². The van der Waals surface area contributed by atoms with Crippen molar-refractivity contribution in [2.75, 3.05) is 0 Å². The number of carbonyl (C=O) groups excluding carboxylic acids is 1. The van der Waals surface area contributed by atoms with Crippen LogP contribution in [0, 0.1) is 0 Å². The minimum Gasteiger partial charge on any atom is -1.00 e. The standard InChI is InChI=1S/CH4N2O.Na.H2O4S.H/c2-1(3)4;;1-5(2,3)4;/h(H4,2,3,4);;(H2,1,2,3,4);/q;+1;;-1. The van der Waals surface area contributed by atoms with Crippen molar-refractivity contribution in [3.8, 4) is 0 Å². The first-order valence-electron chi connectivity index (χ1n) is 1.48. The molecule has 0 aliphatic heterocycles. The minimum absolute atomic E-state index is 0. The van der Waals surface area contributed by atoms with Crippen molar-refractivity contribution in [3.63, 3.8) is 0 Å². The van der Waals surface area contributed by atoms with Crippen LogP contribution in [0.25, 0.3) is 0 Å². The maximum Gasteiger partial charge on any atom is 1.00 e. The second kappa shape index (κ2) is 7.25. The van der Waals surface area contributed by atoms with Gasteiger partial charge in [-0.1, -0.05) is 0 Å². The first-order chi connectivity index (χ1) is 3.73. The van der Waals surface area contributed by atoms with Gasteiger partial charge in [0, 0.05) is 0 Å². The largest absolute Gasteiger partial charge is 1.00 e. The van der Waals surface area contributed by atoms with Gasteiger partial charge in [0.15, 0.2) is 0 Å². The zero-order valence-electron chi connectivity index (χ0n) is 6.18. The van der Waals surface area contributed by atoms with E-state index in [0.717, 1.165) is 0 Å². The first kappa shape index (κ1) is 16.6. The molecule has 0 heterocycles. The molecule has 0 bridgehead atoms. The van der Waals surface area contributed by atoms with Crippen LogP contribution in [0.2, 0.25) is 0 Å². The maximum atomic E-state index is 9.00. The maximum absolute atomic E-state index is 9.00. The Morgan fingerprint density at radius 3 is 1.30 bits per heavy atom.